The molecule has 0 saturated heterocycles. The van der Waals surface area contributed by atoms with Gasteiger partial charge in [-0.05, 0) is 25.5 Å². The van der Waals surface area contributed by atoms with E-state index in [9.17, 15) is 9.59 Å². The standard InChI is InChI=1S/C19H23N5O2/c1-3-4-10-20-17(25)9-11-23-13-21-18-16(19(23)26)12-22-24(18)15-7-5-14(2)6-8-15/h5-8,12-13H,3-4,9-11H2,1-2H3,(H,20,25). The summed E-state index contributed by atoms with van der Waals surface area (Å²) in [4.78, 5) is 28.8. The van der Waals surface area contributed by atoms with Crippen molar-refractivity contribution in [2.75, 3.05) is 6.54 Å². The SMILES string of the molecule is CCCCNC(=O)CCn1cnc2c(cnn2-c2ccc(C)cc2)c1=O. The minimum absolute atomic E-state index is 0.0548. The van der Waals surface area contributed by atoms with Gasteiger partial charge in [-0.15, -0.1) is 0 Å². The van der Waals surface area contributed by atoms with Gasteiger partial charge >= 0.3 is 0 Å². The highest BCUT2D eigenvalue weighted by Crippen LogP contribution is 2.14. The minimum atomic E-state index is -0.185. The fourth-order valence-electron chi connectivity index (χ4n) is 2.70. The lowest BCUT2D eigenvalue weighted by Crippen LogP contribution is -2.28. The number of carbonyl (C=O) groups excluding carboxylic acids is 1. The molecule has 7 heteroatoms. The topological polar surface area (TPSA) is 81.8 Å². The third-order valence-electron chi connectivity index (χ3n) is 4.27. The molecule has 26 heavy (non-hydrogen) atoms. The van der Waals surface area contributed by atoms with E-state index < -0.39 is 0 Å². The van der Waals surface area contributed by atoms with Crippen LogP contribution in [0.3, 0.4) is 0 Å². The highest BCUT2D eigenvalue weighted by molar-refractivity contribution is 5.76. The number of benzene rings is 1. The molecule has 0 atom stereocenters. The number of nitrogens with one attached hydrogen (secondary N) is 1. The summed E-state index contributed by atoms with van der Waals surface area (Å²) >= 11 is 0. The number of nitrogens with zero attached hydrogens (tertiary/aromatic N) is 4. The van der Waals surface area contributed by atoms with Crippen molar-refractivity contribution in [3.63, 3.8) is 0 Å². The Morgan fingerprint density at radius 1 is 1.23 bits per heavy atom. The summed E-state index contributed by atoms with van der Waals surface area (Å²) < 4.78 is 3.11. The molecule has 0 unspecified atom stereocenters. The summed E-state index contributed by atoms with van der Waals surface area (Å²) in [6, 6.07) is 7.85. The lowest BCUT2D eigenvalue weighted by atomic mass is 10.2. The summed E-state index contributed by atoms with van der Waals surface area (Å²) in [6.07, 6.45) is 5.25. The van der Waals surface area contributed by atoms with Crippen molar-refractivity contribution >= 4 is 16.9 Å². The van der Waals surface area contributed by atoms with Gasteiger partial charge in [-0.1, -0.05) is 31.0 Å². The average molecular weight is 353 g/mol. The molecule has 0 aliphatic carbocycles. The number of aromatic nitrogens is 4. The monoisotopic (exact) mass is 353 g/mol. The Morgan fingerprint density at radius 2 is 2.00 bits per heavy atom. The van der Waals surface area contributed by atoms with Crippen LogP contribution in [0.15, 0.2) is 41.6 Å². The zero-order chi connectivity index (χ0) is 18.5. The molecule has 1 aromatic carbocycles. The molecule has 1 amide bonds. The first-order valence-electron chi connectivity index (χ1n) is 8.87. The molecular weight excluding hydrogens is 330 g/mol. The number of hydrogen-bond donors (Lipinski definition) is 1. The van der Waals surface area contributed by atoms with Crippen LogP contribution in [-0.2, 0) is 11.3 Å². The van der Waals surface area contributed by atoms with E-state index >= 15 is 0 Å². The third kappa shape index (κ3) is 3.82. The van der Waals surface area contributed by atoms with Gasteiger partial charge in [-0.25, -0.2) is 9.67 Å². The van der Waals surface area contributed by atoms with Crippen molar-refractivity contribution in [3.8, 4) is 5.69 Å². The first kappa shape index (κ1) is 17.8. The van der Waals surface area contributed by atoms with Crippen LogP contribution < -0.4 is 10.9 Å². The second-order valence-electron chi connectivity index (χ2n) is 6.33. The minimum Gasteiger partial charge on any atom is -0.356 e. The first-order valence-corrected chi connectivity index (χ1v) is 8.87. The maximum atomic E-state index is 12.6. The number of unbranched alkanes of at least 4 members (excludes halogenated alkanes) is 1. The fraction of sp³-hybridized carbons (Fsp3) is 0.368. The van der Waals surface area contributed by atoms with Crippen molar-refractivity contribution in [1.82, 2.24) is 24.6 Å². The van der Waals surface area contributed by atoms with E-state index in [0.29, 0.717) is 24.1 Å². The summed E-state index contributed by atoms with van der Waals surface area (Å²) in [7, 11) is 0. The Balaban J connectivity index is 1.78. The number of amides is 1. The van der Waals surface area contributed by atoms with E-state index in [1.807, 2.05) is 31.2 Å². The normalized spacial score (nSPS) is 11.0. The van der Waals surface area contributed by atoms with Gasteiger partial charge in [0.05, 0.1) is 18.2 Å². The molecule has 3 aromatic rings. The summed E-state index contributed by atoms with van der Waals surface area (Å²) in [5.74, 6) is -0.0548. The molecule has 2 aromatic heterocycles. The Morgan fingerprint density at radius 3 is 2.73 bits per heavy atom. The van der Waals surface area contributed by atoms with Gasteiger partial charge in [-0.3, -0.25) is 14.2 Å². The number of hydrogen-bond acceptors (Lipinski definition) is 4. The number of fused-ring (bicyclic) bond motifs is 1. The molecule has 0 radical (unpaired) electrons. The fourth-order valence-corrected chi connectivity index (χ4v) is 2.70. The molecule has 2 heterocycles. The first-order chi connectivity index (χ1) is 12.6. The van der Waals surface area contributed by atoms with Gasteiger partial charge in [-0.2, -0.15) is 5.10 Å². The van der Waals surface area contributed by atoms with Crippen LogP contribution in [0.2, 0.25) is 0 Å². The van der Waals surface area contributed by atoms with Gasteiger partial charge in [0.2, 0.25) is 5.91 Å². The van der Waals surface area contributed by atoms with E-state index in [4.69, 9.17) is 0 Å². The molecule has 0 aliphatic rings. The molecule has 1 N–H and O–H groups in total. The Bertz CT molecular complexity index is 956. The van der Waals surface area contributed by atoms with E-state index in [1.54, 1.807) is 4.68 Å². The smallest absolute Gasteiger partial charge is 0.264 e. The van der Waals surface area contributed by atoms with Gasteiger partial charge < -0.3 is 5.32 Å². The van der Waals surface area contributed by atoms with Crippen molar-refractivity contribution < 1.29 is 4.79 Å². The molecule has 0 aliphatic heterocycles. The highest BCUT2D eigenvalue weighted by atomic mass is 16.1. The van der Waals surface area contributed by atoms with E-state index in [0.717, 1.165) is 24.1 Å². The molecule has 0 fully saturated rings. The zero-order valence-corrected chi connectivity index (χ0v) is 15.1. The molecule has 136 valence electrons. The molecule has 0 bridgehead atoms. The van der Waals surface area contributed by atoms with Crippen molar-refractivity contribution in [2.24, 2.45) is 0 Å². The predicted molar refractivity (Wildman–Crippen MR) is 100 cm³/mol. The van der Waals surface area contributed by atoms with Crippen molar-refractivity contribution in [1.29, 1.82) is 0 Å². The molecule has 0 saturated carbocycles. The lowest BCUT2D eigenvalue weighted by Gasteiger charge is -2.07. The maximum absolute atomic E-state index is 12.6. The quantitative estimate of drug-likeness (QED) is 0.660. The van der Waals surface area contributed by atoms with Crippen molar-refractivity contribution in [3.05, 3.63) is 52.7 Å². The van der Waals surface area contributed by atoms with Crippen LogP contribution in [0.1, 0.15) is 31.7 Å². The maximum Gasteiger partial charge on any atom is 0.264 e. The van der Waals surface area contributed by atoms with E-state index in [2.05, 4.69) is 22.3 Å². The predicted octanol–water partition coefficient (Wildman–Crippen LogP) is 2.20. The van der Waals surface area contributed by atoms with Crippen LogP contribution in [0.25, 0.3) is 16.7 Å². The lowest BCUT2D eigenvalue weighted by molar-refractivity contribution is -0.121. The molecular formula is C19H23N5O2. The Hall–Kier alpha value is -2.96. The van der Waals surface area contributed by atoms with Crippen molar-refractivity contribution in [2.45, 2.75) is 39.7 Å². The van der Waals surface area contributed by atoms with Crippen LogP contribution in [0.4, 0.5) is 0 Å². The average Bonchev–Trinajstić information content (AvgIpc) is 3.07. The van der Waals surface area contributed by atoms with Crippen LogP contribution >= 0.6 is 0 Å². The molecule has 0 spiro atoms. The van der Waals surface area contributed by atoms with E-state index in [1.165, 1.54) is 17.1 Å². The Labute approximate surface area is 151 Å². The van der Waals surface area contributed by atoms with Gasteiger partial charge in [0.25, 0.3) is 5.56 Å². The largest absolute Gasteiger partial charge is 0.356 e. The van der Waals surface area contributed by atoms with Crippen LogP contribution in [-0.4, -0.2) is 31.8 Å². The number of carbonyl (C=O) groups is 1. The zero-order valence-electron chi connectivity index (χ0n) is 15.1. The van der Waals surface area contributed by atoms with Crippen LogP contribution in [0, 0.1) is 6.92 Å². The van der Waals surface area contributed by atoms with E-state index in [-0.39, 0.29) is 17.9 Å². The van der Waals surface area contributed by atoms with Gasteiger partial charge in [0.1, 0.15) is 5.39 Å². The second kappa shape index (κ2) is 7.95. The second-order valence-corrected chi connectivity index (χ2v) is 6.33. The third-order valence-corrected chi connectivity index (χ3v) is 4.27. The van der Waals surface area contributed by atoms with Gasteiger partial charge in [0.15, 0.2) is 5.65 Å². The Kier molecular flexibility index (Phi) is 5.46. The molecule has 7 nitrogen and oxygen atoms in total. The number of aryl methyl sites for hydroxylation is 2. The summed E-state index contributed by atoms with van der Waals surface area (Å²) in [5, 5.41) is 7.60. The van der Waals surface area contributed by atoms with Crippen LogP contribution in [0.5, 0.6) is 0 Å². The summed E-state index contributed by atoms with van der Waals surface area (Å²) in [6.45, 7) is 5.06. The highest BCUT2D eigenvalue weighted by Gasteiger charge is 2.12. The van der Waals surface area contributed by atoms with Gasteiger partial charge in [0, 0.05) is 19.5 Å². The summed E-state index contributed by atoms with van der Waals surface area (Å²) in [5.41, 5.74) is 2.33. The number of rotatable bonds is 7. The molecule has 3 rings (SSSR count).